The van der Waals surface area contributed by atoms with Crippen LogP contribution in [0.5, 0.6) is 0 Å². The minimum atomic E-state index is 0.0518. The van der Waals surface area contributed by atoms with Crippen molar-refractivity contribution in [3.8, 4) is 11.1 Å². The molecule has 3 aromatic heterocycles. The molecular weight excluding hydrogens is 450 g/mol. The highest BCUT2D eigenvalue weighted by molar-refractivity contribution is 5.98. The first-order valence-electron chi connectivity index (χ1n) is 12.7. The number of nitrogens with two attached hydrogens (primary N) is 1. The largest absolute Gasteiger partial charge is 0.354 e. The number of ketones is 1. The quantitative estimate of drug-likeness (QED) is 0.405. The lowest BCUT2D eigenvalue weighted by Crippen LogP contribution is -2.47. The number of benzene rings is 1. The molecule has 1 aliphatic carbocycles. The van der Waals surface area contributed by atoms with Crippen LogP contribution in [0.3, 0.4) is 0 Å². The van der Waals surface area contributed by atoms with Crippen LogP contribution in [0.4, 0.5) is 5.82 Å². The van der Waals surface area contributed by atoms with Crippen molar-refractivity contribution in [3.05, 3.63) is 71.9 Å². The van der Waals surface area contributed by atoms with Gasteiger partial charge in [-0.25, -0.2) is 4.98 Å². The molecule has 2 N–H and O–H groups in total. The Morgan fingerprint density at radius 1 is 1.00 bits per heavy atom. The summed E-state index contributed by atoms with van der Waals surface area (Å²) in [5, 5.41) is 6.43. The number of rotatable bonds is 7. The molecule has 1 aliphatic heterocycles. The molecule has 1 aromatic carbocycles. The van der Waals surface area contributed by atoms with Gasteiger partial charge in [-0.15, -0.1) is 0 Å². The van der Waals surface area contributed by atoms with Gasteiger partial charge in [0.15, 0.2) is 5.78 Å². The second kappa shape index (κ2) is 9.44. The van der Waals surface area contributed by atoms with Crippen molar-refractivity contribution in [2.75, 3.05) is 31.1 Å². The number of pyridine rings is 2. The molecule has 2 aliphatic rings. The zero-order chi connectivity index (χ0) is 24.6. The molecule has 0 radical (unpaired) electrons. The smallest absolute Gasteiger partial charge is 0.169 e. The van der Waals surface area contributed by atoms with Crippen LogP contribution in [0.2, 0.25) is 0 Å². The molecule has 0 unspecified atom stereocenters. The molecule has 4 aromatic rings. The molecule has 0 spiro atoms. The van der Waals surface area contributed by atoms with Gasteiger partial charge in [-0.1, -0.05) is 12.1 Å². The van der Waals surface area contributed by atoms with Crippen LogP contribution in [0.25, 0.3) is 21.9 Å². The van der Waals surface area contributed by atoms with Crippen LogP contribution in [0, 0.1) is 0 Å². The summed E-state index contributed by atoms with van der Waals surface area (Å²) < 4.78 is 1.81. The van der Waals surface area contributed by atoms with E-state index in [0.717, 1.165) is 71.3 Å². The molecule has 4 heterocycles. The number of carbonyl (C=O) groups is 1. The van der Waals surface area contributed by atoms with Gasteiger partial charge in [-0.05, 0) is 48.1 Å². The molecule has 0 atom stereocenters. The molecule has 6 rings (SSSR count). The fourth-order valence-corrected chi connectivity index (χ4v) is 5.18. The van der Waals surface area contributed by atoms with Crippen molar-refractivity contribution in [1.82, 2.24) is 24.6 Å². The molecule has 1 saturated heterocycles. The third-order valence-electron chi connectivity index (χ3n) is 7.45. The summed E-state index contributed by atoms with van der Waals surface area (Å²) in [5.74, 6) is 0.940. The maximum absolute atomic E-state index is 13.2. The molecule has 0 bridgehead atoms. The SMILES string of the molecule is Cn1ncc(-c2ccc3cnc(CC(=O)c4ccnc(N5CCN(C6CC6)CC5)c4)cc3c2)c1CN. The Bertz CT molecular complexity index is 1420. The second-order valence-corrected chi connectivity index (χ2v) is 9.83. The normalized spacial score (nSPS) is 16.6. The lowest BCUT2D eigenvalue weighted by molar-refractivity contribution is 0.0992. The van der Waals surface area contributed by atoms with E-state index in [9.17, 15) is 4.79 Å². The molecule has 1 saturated carbocycles. The highest BCUT2D eigenvalue weighted by Crippen LogP contribution is 2.29. The van der Waals surface area contributed by atoms with Crippen molar-refractivity contribution < 1.29 is 4.79 Å². The standard InChI is InChI=1S/C28H31N7O/c1-33-26(16-29)25(18-32-33)19-2-3-21-17-31-23(13-22(21)12-19)15-27(36)20-6-7-30-28(14-20)35-10-8-34(9-11-35)24-4-5-24/h2-3,6-7,12-14,17-18,24H,4-5,8-11,15-16,29H2,1H3. The van der Waals surface area contributed by atoms with E-state index in [0.29, 0.717) is 12.1 Å². The maximum atomic E-state index is 13.2. The number of nitrogens with zero attached hydrogens (tertiary/aromatic N) is 6. The van der Waals surface area contributed by atoms with Gasteiger partial charge in [0.1, 0.15) is 5.82 Å². The Morgan fingerprint density at radius 3 is 2.61 bits per heavy atom. The molecule has 184 valence electrons. The van der Waals surface area contributed by atoms with Gasteiger partial charge in [0.05, 0.1) is 18.3 Å². The number of hydrogen-bond acceptors (Lipinski definition) is 7. The van der Waals surface area contributed by atoms with E-state index in [1.54, 1.807) is 6.20 Å². The number of hydrogen-bond donors (Lipinski definition) is 1. The van der Waals surface area contributed by atoms with Gasteiger partial charge < -0.3 is 10.6 Å². The first-order chi connectivity index (χ1) is 17.6. The Kier molecular flexibility index (Phi) is 5.99. The van der Waals surface area contributed by atoms with Gasteiger partial charge in [-0.2, -0.15) is 5.10 Å². The lowest BCUT2D eigenvalue weighted by atomic mass is 10.0. The predicted molar refractivity (Wildman–Crippen MR) is 141 cm³/mol. The Hall–Kier alpha value is -3.62. The van der Waals surface area contributed by atoms with Crippen molar-refractivity contribution in [3.63, 3.8) is 0 Å². The monoisotopic (exact) mass is 481 g/mol. The number of carbonyl (C=O) groups excluding carboxylic acids is 1. The van der Waals surface area contributed by atoms with Crippen LogP contribution in [-0.4, -0.2) is 62.7 Å². The topological polar surface area (TPSA) is 93.2 Å². The minimum absolute atomic E-state index is 0.0518. The molecule has 8 nitrogen and oxygen atoms in total. The summed E-state index contributed by atoms with van der Waals surface area (Å²) in [6.07, 6.45) is 8.36. The molecule has 8 heteroatoms. The highest BCUT2D eigenvalue weighted by atomic mass is 16.1. The first-order valence-corrected chi connectivity index (χ1v) is 12.7. The number of aromatic nitrogens is 4. The fourth-order valence-electron chi connectivity index (χ4n) is 5.18. The van der Waals surface area contributed by atoms with E-state index in [1.807, 2.05) is 42.3 Å². The summed E-state index contributed by atoms with van der Waals surface area (Å²) in [6.45, 7) is 4.47. The Labute approximate surface area is 210 Å². The van der Waals surface area contributed by atoms with Gasteiger partial charge in [-0.3, -0.25) is 19.4 Å². The second-order valence-electron chi connectivity index (χ2n) is 9.83. The number of aryl methyl sites for hydroxylation is 1. The van der Waals surface area contributed by atoms with Crippen molar-refractivity contribution in [2.45, 2.75) is 31.8 Å². The molecule has 2 fully saturated rings. The van der Waals surface area contributed by atoms with E-state index in [1.165, 1.54) is 12.8 Å². The zero-order valence-electron chi connectivity index (χ0n) is 20.6. The fraction of sp³-hybridized carbons (Fsp3) is 0.357. The van der Waals surface area contributed by atoms with Crippen LogP contribution in [0.15, 0.2) is 55.0 Å². The summed E-state index contributed by atoms with van der Waals surface area (Å²) in [7, 11) is 1.90. The summed E-state index contributed by atoms with van der Waals surface area (Å²) in [4.78, 5) is 27.2. The van der Waals surface area contributed by atoms with Gasteiger partial charge in [0.25, 0.3) is 0 Å². The van der Waals surface area contributed by atoms with E-state index in [2.05, 4.69) is 43.1 Å². The van der Waals surface area contributed by atoms with E-state index in [4.69, 9.17) is 5.73 Å². The van der Waals surface area contributed by atoms with Crippen LogP contribution < -0.4 is 10.6 Å². The summed E-state index contributed by atoms with van der Waals surface area (Å²) in [5.41, 5.74) is 10.4. The average molecular weight is 482 g/mol. The van der Waals surface area contributed by atoms with Crippen LogP contribution in [-0.2, 0) is 20.0 Å². The molecule has 0 amide bonds. The van der Waals surface area contributed by atoms with Gasteiger partial charge in [0, 0.05) is 80.4 Å². The summed E-state index contributed by atoms with van der Waals surface area (Å²) in [6, 6.07) is 12.8. The van der Waals surface area contributed by atoms with E-state index >= 15 is 0 Å². The third-order valence-corrected chi connectivity index (χ3v) is 7.45. The van der Waals surface area contributed by atoms with Crippen molar-refractivity contribution in [2.24, 2.45) is 12.8 Å². The van der Waals surface area contributed by atoms with Crippen molar-refractivity contribution >= 4 is 22.4 Å². The maximum Gasteiger partial charge on any atom is 0.169 e. The zero-order valence-corrected chi connectivity index (χ0v) is 20.6. The van der Waals surface area contributed by atoms with E-state index < -0.39 is 0 Å². The Balaban J connectivity index is 1.19. The Morgan fingerprint density at radius 2 is 1.83 bits per heavy atom. The minimum Gasteiger partial charge on any atom is -0.354 e. The predicted octanol–water partition coefficient (Wildman–Crippen LogP) is 3.20. The van der Waals surface area contributed by atoms with Crippen LogP contribution in [0.1, 0.15) is 34.6 Å². The highest BCUT2D eigenvalue weighted by Gasteiger charge is 2.31. The van der Waals surface area contributed by atoms with Crippen LogP contribution >= 0.6 is 0 Å². The summed E-state index contributed by atoms with van der Waals surface area (Å²) >= 11 is 0. The van der Waals surface area contributed by atoms with Gasteiger partial charge >= 0.3 is 0 Å². The van der Waals surface area contributed by atoms with E-state index in [-0.39, 0.29) is 12.2 Å². The van der Waals surface area contributed by atoms with Gasteiger partial charge in [0.2, 0.25) is 0 Å². The number of fused-ring (bicyclic) bond motifs is 1. The average Bonchev–Trinajstić information content (AvgIpc) is 3.70. The number of Topliss-reactive ketones (excluding diaryl/α,β-unsaturated/α-hetero) is 1. The molecular formula is C28H31N7O. The first kappa shape index (κ1) is 22.8. The lowest BCUT2D eigenvalue weighted by Gasteiger charge is -2.35. The molecule has 36 heavy (non-hydrogen) atoms. The number of piperazine rings is 1. The van der Waals surface area contributed by atoms with Crippen molar-refractivity contribution in [1.29, 1.82) is 0 Å². The third kappa shape index (κ3) is 4.50. The number of anilines is 1.